The monoisotopic (exact) mass is 234 g/mol. The largest absolute Gasteiger partial charge is 0.313 e. The van der Waals surface area contributed by atoms with Gasteiger partial charge in [0, 0.05) is 17.4 Å². The van der Waals surface area contributed by atoms with Crippen LogP contribution in [0.4, 0.5) is 0 Å². The van der Waals surface area contributed by atoms with Crippen LogP contribution in [-0.4, -0.2) is 12.0 Å². The maximum atomic E-state index is 4.56. The van der Waals surface area contributed by atoms with Crippen LogP contribution in [0.15, 0.2) is 12.1 Å². The Morgan fingerprint density at radius 2 is 1.82 bits per heavy atom. The number of rotatable bonds is 6. The first kappa shape index (κ1) is 14.2. The van der Waals surface area contributed by atoms with Gasteiger partial charge in [-0.2, -0.15) is 0 Å². The molecule has 0 saturated heterocycles. The van der Waals surface area contributed by atoms with Crippen molar-refractivity contribution in [3.05, 3.63) is 29.1 Å². The minimum Gasteiger partial charge on any atom is -0.313 e. The first-order chi connectivity index (χ1) is 8.12. The minimum atomic E-state index is 0.438. The molecule has 1 rings (SSSR count). The van der Waals surface area contributed by atoms with E-state index in [1.165, 1.54) is 24.8 Å². The maximum Gasteiger partial charge on any atom is 0.0423 e. The Morgan fingerprint density at radius 3 is 2.29 bits per heavy atom. The molecule has 17 heavy (non-hydrogen) atoms. The third-order valence-electron chi connectivity index (χ3n) is 3.71. The third kappa shape index (κ3) is 3.81. The normalized spacial score (nSPS) is 13.1. The van der Waals surface area contributed by atoms with Crippen LogP contribution >= 0.6 is 0 Å². The lowest BCUT2D eigenvalue weighted by Crippen LogP contribution is -2.21. The Kier molecular flexibility index (Phi) is 5.63. The molecular weight excluding hydrogens is 208 g/mol. The van der Waals surface area contributed by atoms with Crippen LogP contribution in [0.25, 0.3) is 0 Å². The maximum absolute atomic E-state index is 4.56. The molecule has 0 aliphatic rings. The fourth-order valence-electron chi connectivity index (χ4n) is 2.42. The summed E-state index contributed by atoms with van der Waals surface area (Å²) in [7, 11) is 2.05. The number of nitrogens with zero attached hydrogens (tertiary/aromatic N) is 1. The Bertz CT molecular complexity index is 343. The molecule has 2 heteroatoms. The van der Waals surface area contributed by atoms with Crippen molar-refractivity contribution in [2.24, 2.45) is 5.92 Å². The highest BCUT2D eigenvalue weighted by molar-refractivity contribution is 5.25. The zero-order valence-electron chi connectivity index (χ0n) is 11.9. The Hall–Kier alpha value is -0.890. The van der Waals surface area contributed by atoms with Crippen molar-refractivity contribution in [3.63, 3.8) is 0 Å². The fourth-order valence-corrected chi connectivity index (χ4v) is 2.42. The quantitative estimate of drug-likeness (QED) is 0.810. The molecule has 1 heterocycles. The molecule has 0 spiro atoms. The molecule has 1 N–H and O–H groups in total. The lowest BCUT2D eigenvalue weighted by molar-refractivity contribution is 0.384. The van der Waals surface area contributed by atoms with E-state index in [2.05, 4.69) is 43.2 Å². The number of pyridine rings is 1. The highest BCUT2D eigenvalue weighted by Gasteiger charge is 2.16. The summed E-state index contributed by atoms with van der Waals surface area (Å²) in [6, 6.07) is 4.77. The molecule has 96 valence electrons. The van der Waals surface area contributed by atoms with Gasteiger partial charge in [0.25, 0.3) is 0 Å². The van der Waals surface area contributed by atoms with Gasteiger partial charge in [0.2, 0.25) is 0 Å². The van der Waals surface area contributed by atoms with Gasteiger partial charge in [-0.25, -0.2) is 0 Å². The first-order valence-corrected chi connectivity index (χ1v) is 6.73. The van der Waals surface area contributed by atoms with E-state index in [1.54, 1.807) is 0 Å². The second-order valence-electron chi connectivity index (χ2n) is 4.89. The zero-order chi connectivity index (χ0) is 12.8. The molecule has 1 atom stereocenters. The highest BCUT2D eigenvalue weighted by atomic mass is 14.9. The van der Waals surface area contributed by atoms with Gasteiger partial charge in [0.15, 0.2) is 0 Å². The summed E-state index contributed by atoms with van der Waals surface area (Å²) < 4.78 is 0. The van der Waals surface area contributed by atoms with Crippen molar-refractivity contribution in [3.8, 4) is 0 Å². The summed E-state index contributed by atoms with van der Waals surface area (Å²) >= 11 is 0. The molecule has 0 fully saturated rings. The number of nitrogens with one attached hydrogen (secondary N) is 1. The average molecular weight is 234 g/mol. The molecule has 2 nitrogen and oxygen atoms in total. The smallest absolute Gasteiger partial charge is 0.0423 e. The van der Waals surface area contributed by atoms with Crippen LogP contribution in [0.3, 0.4) is 0 Å². The van der Waals surface area contributed by atoms with Crippen LogP contribution in [0.5, 0.6) is 0 Å². The van der Waals surface area contributed by atoms with Gasteiger partial charge in [0.1, 0.15) is 0 Å². The van der Waals surface area contributed by atoms with E-state index < -0.39 is 0 Å². The molecule has 1 aromatic heterocycles. The van der Waals surface area contributed by atoms with Gasteiger partial charge in [-0.3, -0.25) is 4.98 Å². The Morgan fingerprint density at radius 1 is 1.18 bits per heavy atom. The van der Waals surface area contributed by atoms with Gasteiger partial charge in [-0.1, -0.05) is 32.8 Å². The predicted octanol–water partition coefficient (Wildman–Crippen LogP) is 3.79. The van der Waals surface area contributed by atoms with Crippen LogP contribution in [0.2, 0.25) is 0 Å². The van der Waals surface area contributed by atoms with E-state index in [-0.39, 0.29) is 0 Å². The summed E-state index contributed by atoms with van der Waals surface area (Å²) in [4.78, 5) is 4.56. The lowest BCUT2D eigenvalue weighted by atomic mass is 9.90. The summed E-state index contributed by atoms with van der Waals surface area (Å²) in [6.07, 6.45) is 3.72. The Labute approximate surface area is 106 Å². The van der Waals surface area contributed by atoms with Gasteiger partial charge >= 0.3 is 0 Å². The zero-order valence-corrected chi connectivity index (χ0v) is 11.9. The number of hydrogen-bond donors (Lipinski definition) is 1. The van der Waals surface area contributed by atoms with Crippen molar-refractivity contribution in [1.82, 2.24) is 10.3 Å². The molecule has 0 aromatic carbocycles. The second-order valence-corrected chi connectivity index (χ2v) is 4.89. The second kappa shape index (κ2) is 6.75. The molecule has 0 aliphatic heterocycles. The topological polar surface area (TPSA) is 24.9 Å². The van der Waals surface area contributed by atoms with Gasteiger partial charge in [0.05, 0.1) is 0 Å². The molecule has 0 aliphatic carbocycles. The number of aryl methyl sites for hydroxylation is 2. The molecular formula is C15H26N2. The third-order valence-corrected chi connectivity index (χ3v) is 3.71. The highest BCUT2D eigenvalue weighted by Crippen LogP contribution is 2.26. The van der Waals surface area contributed by atoms with E-state index in [9.17, 15) is 0 Å². The standard InChI is InChI=1S/C15H26N2/c1-6-13(7-2)10-15(16-5)14-9-8-11(3)17-12(14)4/h8-9,13,15-16H,6-7,10H2,1-5H3. The van der Waals surface area contributed by atoms with Gasteiger partial charge < -0.3 is 5.32 Å². The van der Waals surface area contributed by atoms with E-state index >= 15 is 0 Å². The van der Waals surface area contributed by atoms with Gasteiger partial charge in [-0.15, -0.1) is 0 Å². The van der Waals surface area contributed by atoms with Crippen molar-refractivity contribution in [1.29, 1.82) is 0 Å². The molecule has 1 aromatic rings. The lowest BCUT2D eigenvalue weighted by Gasteiger charge is -2.23. The van der Waals surface area contributed by atoms with Crippen molar-refractivity contribution in [2.75, 3.05) is 7.05 Å². The van der Waals surface area contributed by atoms with Crippen LogP contribution in [0.1, 0.15) is 56.1 Å². The summed E-state index contributed by atoms with van der Waals surface area (Å²) in [5.74, 6) is 0.799. The molecule has 0 amide bonds. The van der Waals surface area contributed by atoms with Crippen molar-refractivity contribution in [2.45, 2.75) is 53.0 Å². The van der Waals surface area contributed by atoms with E-state index in [0.29, 0.717) is 6.04 Å². The van der Waals surface area contributed by atoms with Gasteiger partial charge in [-0.05, 0) is 44.9 Å². The number of aromatic nitrogens is 1. The summed E-state index contributed by atoms with van der Waals surface area (Å²) in [6.45, 7) is 8.72. The molecule has 0 saturated carbocycles. The van der Waals surface area contributed by atoms with E-state index in [0.717, 1.165) is 17.3 Å². The number of hydrogen-bond acceptors (Lipinski definition) is 2. The molecule has 0 radical (unpaired) electrons. The summed E-state index contributed by atoms with van der Waals surface area (Å²) in [5, 5.41) is 3.44. The fraction of sp³-hybridized carbons (Fsp3) is 0.667. The predicted molar refractivity (Wildman–Crippen MR) is 74.2 cm³/mol. The van der Waals surface area contributed by atoms with Crippen molar-refractivity contribution >= 4 is 0 Å². The van der Waals surface area contributed by atoms with Crippen LogP contribution in [0, 0.1) is 19.8 Å². The van der Waals surface area contributed by atoms with Crippen molar-refractivity contribution < 1.29 is 0 Å². The summed E-state index contributed by atoms with van der Waals surface area (Å²) in [5.41, 5.74) is 3.61. The van der Waals surface area contributed by atoms with E-state index in [4.69, 9.17) is 0 Å². The SMILES string of the molecule is CCC(CC)CC(NC)c1ccc(C)nc1C. The average Bonchev–Trinajstić information content (AvgIpc) is 2.32. The van der Waals surface area contributed by atoms with Crippen LogP contribution in [-0.2, 0) is 0 Å². The van der Waals surface area contributed by atoms with E-state index in [1.807, 2.05) is 14.0 Å². The molecule has 1 unspecified atom stereocenters. The first-order valence-electron chi connectivity index (χ1n) is 6.73. The molecule has 0 bridgehead atoms. The Balaban J connectivity index is 2.85. The van der Waals surface area contributed by atoms with Crippen LogP contribution < -0.4 is 5.32 Å². The minimum absolute atomic E-state index is 0.438.